The number of anilines is 1. The first-order chi connectivity index (χ1) is 7.45. The van der Waals surface area contributed by atoms with Crippen molar-refractivity contribution in [3.05, 3.63) is 12.4 Å². The van der Waals surface area contributed by atoms with Crippen LogP contribution in [0.3, 0.4) is 0 Å². The fourth-order valence-electron chi connectivity index (χ4n) is 0.946. The third-order valence-corrected chi connectivity index (χ3v) is 2.87. The van der Waals surface area contributed by atoms with Gasteiger partial charge < -0.3 is 11.1 Å². The molecule has 88 valence electrons. The summed E-state index contributed by atoms with van der Waals surface area (Å²) in [4.78, 5) is 19.2. The van der Waals surface area contributed by atoms with E-state index in [2.05, 4.69) is 15.3 Å². The second-order valence-electron chi connectivity index (χ2n) is 4.05. The van der Waals surface area contributed by atoms with Crippen LogP contribution >= 0.6 is 11.8 Å². The molecule has 0 aliphatic heterocycles. The maximum atomic E-state index is 11.1. The highest BCUT2D eigenvalue weighted by Gasteiger charge is 2.24. The first kappa shape index (κ1) is 12.8. The van der Waals surface area contributed by atoms with Crippen LogP contribution in [0.2, 0.25) is 0 Å². The van der Waals surface area contributed by atoms with Gasteiger partial charge in [0.2, 0.25) is 5.91 Å². The number of carbonyl (C=O) groups excluding carboxylic acids is 1. The molecule has 16 heavy (non-hydrogen) atoms. The third kappa shape index (κ3) is 3.37. The molecule has 3 N–H and O–H groups in total. The maximum Gasteiger partial charge on any atom is 0.224 e. The van der Waals surface area contributed by atoms with Gasteiger partial charge in [-0.25, -0.2) is 9.97 Å². The van der Waals surface area contributed by atoms with Crippen LogP contribution in [0.5, 0.6) is 0 Å². The molecule has 1 aromatic rings. The molecule has 0 atom stereocenters. The van der Waals surface area contributed by atoms with E-state index in [4.69, 9.17) is 5.73 Å². The van der Waals surface area contributed by atoms with E-state index < -0.39 is 5.41 Å². The lowest BCUT2D eigenvalue weighted by atomic mass is 9.93. The van der Waals surface area contributed by atoms with E-state index in [-0.39, 0.29) is 5.91 Å². The summed E-state index contributed by atoms with van der Waals surface area (Å²) in [5.74, 6) is 0.368. The van der Waals surface area contributed by atoms with Gasteiger partial charge in [-0.05, 0) is 20.1 Å². The molecule has 0 aromatic carbocycles. The Labute approximate surface area is 99.2 Å². The van der Waals surface area contributed by atoms with Crippen LogP contribution < -0.4 is 11.1 Å². The number of thioether (sulfide) groups is 1. The molecule has 0 radical (unpaired) electrons. The van der Waals surface area contributed by atoms with Crippen molar-refractivity contribution in [3.63, 3.8) is 0 Å². The Balaban J connectivity index is 2.64. The summed E-state index contributed by atoms with van der Waals surface area (Å²) < 4.78 is 0. The van der Waals surface area contributed by atoms with Gasteiger partial charge in [0.15, 0.2) is 0 Å². The smallest absolute Gasteiger partial charge is 0.224 e. The molecule has 1 heterocycles. The van der Waals surface area contributed by atoms with Gasteiger partial charge in [-0.2, -0.15) is 0 Å². The zero-order chi connectivity index (χ0) is 12.2. The molecular weight excluding hydrogens is 224 g/mol. The van der Waals surface area contributed by atoms with Crippen LogP contribution in [-0.4, -0.2) is 28.7 Å². The molecule has 0 unspecified atom stereocenters. The molecule has 0 aliphatic carbocycles. The standard InChI is InChI=1S/C10H16N4OS/c1-10(2,9(11)15)5-12-7-4-8(16-3)14-6-13-7/h4,6H,5H2,1-3H3,(H2,11,15)(H,12,13,14). The number of carbonyl (C=O) groups is 1. The normalized spacial score (nSPS) is 11.2. The monoisotopic (exact) mass is 240 g/mol. The van der Waals surface area contributed by atoms with E-state index >= 15 is 0 Å². The van der Waals surface area contributed by atoms with Gasteiger partial charge in [0.05, 0.1) is 5.41 Å². The lowest BCUT2D eigenvalue weighted by molar-refractivity contribution is -0.125. The highest BCUT2D eigenvalue weighted by Crippen LogP contribution is 2.17. The summed E-state index contributed by atoms with van der Waals surface area (Å²) in [6.45, 7) is 4.03. The average molecular weight is 240 g/mol. The molecule has 5 nitrogen and oxygen atoms in total. The highest BCUT2D eigenvalue weighted by molar-refractivity contribution is 7.98. The second kappa shape index (κ2) is 5.16. The minimum atomic E-state index is -0.593. The van der Waals surface area contributed by atoms with Gasteiger partial charge in [0.1, 0.15) is 17.2 Å². The minimum absolute atomic E-state index is 0.334. The van der Waals surface area contributed by atoms with Crippen molar-refractivity contribution in [3.8, 4) is 0 Å². The van der Waals surface area contributed by atoms with E-state index in [1.54, 1.807) is 13.8 Å². The van der Waals surface area contributed by atoms with Gasteiger partial charge in [0, 0.05) is 12.6 Å². The Morgan fingerprint density at radius 1 is 1.56 bits per heavy atom. The van der Waals surface area contributed by atoms with E-state index in [9.17, 15) is 4.79 Å². The molecule has 6 heteroatoms. The predicted octanol–water partition coefficient (Wildman–Crippen LogP) is 1.12. The van der Waals surface area contributed by atoms with Crippen LogP contribution in [0.25, 0.3) is 0 Å². The van der Waals surface area contributed by atoms with Crippen molar-refractivity contribution in [1.82, 2.24) is 9.97 Å². The van der Waals surface area contributed by atoms with Crippen molar-refractivity contribution < 1.29 is 4.79 Å². The number of nitrogens with zero attached hydrogens (tertiary/aromatic N) is 2. The Morgan fingerprint density at radius 3 is 2.81 bits per heavy atom. The summed E-state index contributed by atoms with van der Waals surface area (Å²) >= 11 is 1.54. The van der Waals surface area contributed by atoms with Crippen molar-refractivity contribution in [2.75, 3.05) is 18.1 Å². The SMILES string of the molecule is CSc1cc(NCC(C)(C)C(N)=O)ncn1. The largest absolute Gasteiger partial charge is 0.369 e. The van der Waals surface area contributed by atoms with Gasteiger partial charge in [-0.15, -0.1) is 11.8 Å². The fraction of sp³-hybridized carbons (Fsp3) is 0.500. The fourth-order valence-corrected chi connectivity index (χ4v) is 1.33. The Hall–Kier alpha value is -1.30. The number of rotatable bonds is 5. The Kier molecular flexibility index (Phi) is 4.12. The summed E-state index contributed by atoms with van der Waals surface area (Å²) in [5.41, 5.74) is 4.68. The van der Waals surface area contributed by atoms with Gasteiger partial charge in [-0.3, -0.25) is 4.79 Å². The lowest BCUT2D eigenvalue weighted by Crippen LogP contribution is -2.37. The molecule has 0 spiro atoms. The molecule has 0 aliphatic rings. The van der Waals surface area contributed by atoms with Gasteiger partial charge >= 0.3 is 0 Å². The van der Waals surface area contributed by atoms with Crippen LogP contribution in [0, 0.1) is 5.41 Å². The maximum absolute atomic E-state index is 11.1. The third-order valence-electron chi connectivity index (χ3n) is 2.23. The van der Waals surface area contributed by atoms with Crippen molar-refractivity contribution in [1.29, 1.82) is 0 Å². The molecule has 1 rings (SSSR count). The first-order valence-electron chi connectivity index (χ1n) is 4.85. The highest BCUT2D eigenvalue weighted by atomic mass is 32.2. The van der Waals surface area contributed by atoms with Crippen molar-refractivity contribution in [2.45, 2.75) is 18.9 Å². The number of hydrogen-bond acceptors (Lipinski definition) is 5. The quantitative estimate of drug-likeness (QED) is 0.595. The molecule has 1 aromatic heterocycles. The van der Waals surface area contributed by atoms with Crippen molar-refractivity contribution in [2.24, 2.45) is 11.1 Å². The zero-order valence-corrected chi connectivity index (χ0v) is 10.5. The van der Waals surface area contributed by atoms with Crippen LogP contribution in [-0.2, 0) is 4.79 Å². The summed E-state index contributed by atoms with van der Waals surface area (Å²) in [6, 6.07) is 1.84. The van der Waals surface area contributed by atoms with E-state index in [0.717, 1.165) is 5.03 Å². The Bertz CT molecular complexity index is 381. The molecule has 0 bridgehead atoms. The molecule has 0 fully saturated rings. The number of nitrogens with one attached hydrogen (secondary N) is 1. The van der Waals surface area contributed by atoms with E-state index in [1.807, 2.05) is 12.3 Å². The molecule has 1 amide bonds. The minimum Gasteiger partial charge on any atom is -0.369 e. The van der Waals surface area contributed by atoms with E-state index in [0.29, 0.717) is 12.4 Å². The number of amides is 1. The summed E-state index contributed by atoms with van der Waals surface area (Å²) in [6.07, 6.45) is 3.44. The average Bonchev–Trinajstić information content (AvgIpc) is 2.26. The summed E-state index contributed by atoms with van der Waals surface area (Å²) in [7, 11) is 0. The predicted molar refractivity (Wildman–Crippen MR) is 65.3 cm³/mol. The van der Waals surface area contributed by atoms with Crippen molar-refractivity contribution >= 4 is 23.5 Å². The summed E-state index contributed by atoms with van der Waals surface area (Å²) in [5, 5.41) is 3.96. The first-order valence-corrected chi connectivity index (χ1v) is 6.08. The molecule has 0 saturated carbocycles. The van der Waals surface area contributed by atoms with Crippen LogP contribution in [0.1, 0.15) is 13.8 Å². The van der Waals surface area contributed by atoms with Gasteiger partial charge in [0.25, 0.3) is 0 Å². The second-order valence-corrected chi connectivity index (χ2v) is 4.87. The van der Waals surface area contributed by atoms with Crippen LogP contribution in [0.4, 0.5) is 5.82 Å². The lowest BCUT2D eigenvalue weighted by Gasteiger charge is -2.20. The van der Waals surface area contributed by atoms with Gasteiger partial charge in [-0.1, -0.05) is 0 Å². The number of primary amides is 1. The molecular formula is C10H16N4OS. The van der Waals surface area contributed by atoms with E-state index in [1.165, 1.54) is 18.1 Å². The van der Waals surface area contributed by atoms with Crippen LogP contribution in [0.15, 0.2) is 17.4 Å². The topological polar surface area (TPSA) is 80.9 Å². The number of hydrogen-bond donors (Lipinski definition) is 2. The Morgan fingerprint density at radius 2 is 2.25 bits per heavy atom. The number of nitrogens with two attached hydrogens (primary N) is 1. The number of aromatic nitrogens is 2. The molecule has 0 saturated heterocycles. The zero-order valence-electron chi connectivity index (χ0n) is 9.65.